The molecule has 0 atom stereocenters. The van der Waals surface area contributed by atoms with Crippen LogP contribution in [-0.2, 0) is 0 Å². The quantitative estimate of drug-likeness (QED) is 0.510. The van der Waals surface area contributed by atoms with E-state index in [4.69, 9.17) is 0 Å². The first kappa shape index (κ1) is 13.5. The van der Waals surface area contributed by atoms with Crippen LogP contribution in [-0.4, -0.2) is 33.5 Å². The first-order valence-corrected chi connectivity index (χ1v) is 6.93. The van der Waals surface area contributed by atoms with Gasteiger partial charge in [0.05, 0.1) is 23.8 Å². The molecule has 0 bridgehead atoms. The Kier molecular flexibility index (Phi) is 2.91. The van der Waals surface area contributed by atoms with Crippen molar-refractivity contribution in [1.29, 1.82) is 0 Å². The molecule has 0 unspecified atom stereocenters. The van der Waals surface area contributed by atoms with Gasteiger partial charge in [0.2, 0.25) is 0 Å². The lowest BCUT2D eigenvalue weighted by atomic mass is 10.3. The van der Waals surface area contributed by atoms with Gasteiger partial charge in [-0.25, -0.2) is 24.4 Å². The van der Waals surface area contributed by atoms with Gasteiger partial charge in [-0.05, 0) is 18.2 Å². The molecule has 0 radical (unpaired) electrons. The number of H-pyrrole nitrogens is 1. The second kappa shape index (κ2) is 4.95. The van der Waals surface area contributed by atoms with Crippen LogP contribution in [0.3, 0.4) is 0 Å². The standard InChI is InChI=1S/C13H9N7O2S/c21-12-17-19(13(22)20(12)23)10-4-8-7-18(16-11(8)15-6-10)9-2-1-3-14-5-9/h1-7,23H,(H,17,21). The Hall–Kier alpha value is -3.14. The number of pyridine rings is 2. The fourth-order valence-corrected chi connectivity index (χ4v) is 2.33. The van der Waals surface area contributed by atoms with Crippen LogP contribution in [0.15, 0.2) is 52.6 Å². The smallest absolute Gasteiger partial charge is 0.262 e. The van der Waals surface area contributed by atoms with E-state index < -0.39 is 11.4 Å². The van der Waals surface area contributed by atoms with Crippen LogP contribution in [0.25, 0.3) is 22.4 Å². The maximum Gasteiger partial charge on any atom is 0.361 e. The molecule has 0 aliphatic heterocycles. The zero-order valence-corrected chi connectivity index (χ0v) is 12.4. The average molecular weight is 327 g/mol. The third-order valence-corrected chi connectivity index (χ3v) is 3.64. The average Bonchev–Trinajstić information content (AvgIpc) is 3.12. The molecule has 0 fully saturated rings. The van der Waals surface area contributed by atoms with Crippen LogP contribution in [0.5, 0.6) is 0 Å². The van der Waals surface area contributed by atoms with Gasteiger partial charge in [-0.3, -0.25) is 4.98 Å². The molecule has 0 saturated heterocycles. The maximum atomic E-state index is 11.9. The van der Waals surface area contributed by atoms with Crippen LogP contribution in [0.2, 0.25) is 0 Å². The zero-order valence-electron chi connectivity index (χ0n) is 11.5. The van der Waals surface area contributed by atoms with Crippen LogP contribution in [0, 0.1) is 0 Å². The van der Waals surface area contributed by atoms with E-state index in [9.17, 15) is 9.59 Å². The normalized spacial score (nSPS) is 11.2. The van der Waals surface area contributed by atoms with Crippen molar-refractivity contribution in [3.63, 3.8) is 0 Å². The summed E-state index contributed by atoms with van der Waals surface area (Å²) in [6.07, 6.45) is 6.57. The third kappa shape index (κ3) is 2.16. The molecule has 1 N–H and O–H groups in total. The summed E-state index contributed by atoms with van der Waals surface area (Å²) in [5.74, 6) is 0. The second-order valence-electron chi connectivity index (χ2n) is 4.74. The number of thiol groups is 1. The lowest BCUT2D eigenvalue weighted by Gasteiger charge is -1.98. The molecule has 4 aromatic rings. The SMILES string of the molecule is O=c1[nH]n(-c2cnc3nn(-c4cccnc4)cc3c2)c(=O)n1S. The number of hydrogen-bond donors (Lipinski definition) is 2. The molecule has 0 aromatic carbocycles. The van der Waals surface area contributed by atoms with Gasteiger partial charge in [-0.15, -0.1) is 5.10 Å². The highest BCUT2D eigenvalue weighted by Gasteiger charge is 2.11. The highest BCUT2D eigenvalue weighted by molar-refractivity contribution is 7.78. The molecule has 10 heteroatoms. The number of aromatic amines is 1. The summed E-state index contributed by atoms with van der Waals surface area (Å²) < 4.78 is 3.40. The van der Waals surface area contributed by atoms with E-state index in [1.807, 2.05) is 6.07 Å². The molecule has 4 rings (SSSR count). The van der Waals surface area contributed by atoms with E-state index in [0.717, 1.165) is 10.4 Å². The lowest BCUT2D eigenvalue weighted by molar-refractivity contribution is 0.829. The van der Waals surface area contributed by atoms with Crippen molar-refractivity contribution >= 4 is 23.8 Å². The topological polar surface area (TPSA) is 103 Å². The molecule has 23 heavy (non-hydrogen) atoms. The fraction of sp³-hybridized carbons (Fsp3) is 0. The molecule has 0 aliphatic rings. The molecule has 9 nitrogen and oxygen atoms in total. The summed E-state index contributed by atoms with van der Waals surface area (Å²) in [5.41, 5.74) is 0.499. The Bertz CT molecular complexity index is 1120. The number of nitrogens with zero attached hydrogens (tertiary/aromatic N) is 6. The fourth-order valence-electron chi connectivity index (χ4n) is 2.20. The summed E-state index contributed by atoms with van der Waals surface area (Å²) in [5, 5.41) is 7.45. The van der Waals surface area contributed by atoms with E-state index >= 15 is 0 Å². The Morgan fingerprint density at radius 3 is 2.74 bits per heavy atom. The molecule has 0 spiro atoms. The van der Waals surface area contributed by atoms with E-state index in [1.165, 1.54) is 6.20 Å². The summed E-state index contributed by atoms with van der Waals surface area (Å²) in [4.78, 5) is 31.6. The van der Waals surface area contributed by atoms with Crippen LogP contribution < -0.4 is 11.4 Å². The zero-order chi connectivity index (χ0) is 16.0. The van der Waals surface area contributed by atoms with Crippen molar-refractivity contribution in [2.24, 2.45) is 0 Å². The van der Waals surface area contributed by atoms with Gasteiger partial charge in [0.25, 0.3) is 0 Å². The molecular weight excluding hydrogens is 318 g/mol. The van der Waals surface area contributed by atoms with Crippen molar-refractivity contribution in [2.45, 2.75) is 0 Å². The van der Waals surface area contributed by atoms with Crippen LogP contribution >= 0.6 is 12.8 Å². The van der Waals surface area contributed by atoms with Gasteiger partial charge in [-0.1, -0.05) is 12.8 Å². The van der Waals surface area contributed by atoms with E-state index in [2.05, 4.69) is 33.0 Å². The van der Waals surface area contributed by atoms with Crippen LogP contribution in [0.1, 0.15) is 0 Å². The summed E-state index contributed by atoms with van der Waals surface area (Å²) in [6.45, 7) is 0. The number of nitrogens with one attached hydrogen (secondary N) is 1. The van der Waals surface area contributed by atoms with Crippen molar-refractivity contribution < 1.29 is 0 Å². The predicted molar refractivity (Wildman–Crippen MR) is 85.3 cm³/mol. The minimum atomic E-state index is -0.621. The largest absolute Gasteiger partial charge is 0.361 e. The molecule has 114 valence electrons. The monoisotopic (exact) mass is 327 g/mol. The first-order chi connectivity index (χ1) is 11.1. The number of hydrogen-bond acceptors (Lipinski definition) is 6. The van der Waals surface area contributed by atoms with Crippen molar-refractivity contribution in [2.75, 3.05) is 0 Å². The minimum Gasteiger partial charge on any atom is -0.262 e. The number of fused-ring (bicyclic) bond motifs is 1. The van der Waals surface area contributed by atoms with Crippen LogP contribution in [0.4, 0.5) is 0 Å². The highest BCUT2D eigenvalue weighted by Crippen LogP contribution is 2.15. The summed E-state index contributed by atoms with van der Waals surface area (Å²) >= 11 is 3.80. The summed E-state index contributed by atoms with van der Waals surface area (Å²) in [6, 6.07) is 5.37. The first-order valence-electron chi connectivity index (χ1n) is 6.53. The maximum absolute atomic E-state index is 11.9. The minimum absolute atomic E-state index is 0.415. The Morgan fingerprint density at radius 2 is 2.04 bits per heavy atom. The number of rotatable bonds is 2. The summed E-state index contributed by atoms with van der Waals surface area (Å²) in [7, 11) is 0. The third-order valence-electron chi connectivity index (χ3n) is 3.29. The van der Waals surface area contributed by atoms with Gasteiger partial charge < -0.3 is 0 Å². The number of aromatic nitrogens is 7. The van der Waals surface area contributed by atoms with Crippen molar-refractivity contribution in [3.05, 3.63) is 64.0 Å². The van der Waals surface area contributed by atoms with Crippen molar-refractivity contribution in [3.8, 4) is 11.4 Å². The molecule has 0 saturated carbocycles. The Labute approximate surface area is 133 Å². The van der Waals surface area contributed by atoms with E-state index in [-0.39, 0.29) is 0 Å². The van der Waals surface area contributed by atoms with Gasteiger partial charge in [0, 0.05) is 17.8 Å². The van der Waals surface area contributed by atoms with Crippen molar-refractivity contribution in [1.82, 2.24) is 33.5 Å². The molecule has 0 aliphatic carbocycles. The van der Waals surface area contributed by atoms with Gasteiger partial charge >= 0.3 is 11.4 Å². The Morgan fingerprint density at radius 1 is 1.17 bits per heavy atom. The van der Waals surface area contributed by atoms with Gasteiger partial charge in [0.1, 0.15) is 0 Å². The predicted octanol–water partition coefficient (Wildman–Crippen LogP) is 0.149. The highest BCUT2D eigenvalue weighted by atomic mass is 32.1. The van der Waals surface area contributed by atoms with E-state index in [0.29, 0.717) is 20.7 Å². The lowest BCUT2D eigenvalue weighted by Crippen LogP contribution is -2.21. The molecule has 0 amide bonds. The Balaban J connectivity index is 1.87. The molecular formula is C13H9N7O2S. The molecule has 4 aromatic heterocycles. The molecule has 4 heterocycles. The van der Waals surface area contributed by atoms with Gasteiger partial charge in [0.15, 0.2) is 5.65 Å². The van der Waals surface area contributed by atoms with E-state index in [1.54, 1.807) is 35.4 Å². The van der Waals surface area contributed by atoms with Gasteiger partial charge in [-0.2, -0.15) is 8.65 Å². The second-order valence-corrected chi connectivity index (χ2v) is 5.14.